The molecule has 0 N–H and O–H groups in total. The van der Waals surface area contributed by atoms with Crippen molar-refractivity contribution in [1.82, 2.24) is 9.55 Å². The molecule has 1 aliphatic carbocycles. The Hall–Kier alpha value is -2.95. The van der Waals surface area contributed by atoms with Crippen LogP contribution in [0.1, 0.15) is 41.6 Å². The summed E-state index contributed by atoms with van der Waals surface area (Å²) in [5.74, 6) is 0.940. The SMILES string of the molecule is CCn1c(=O)cc(C2CC2)c2cc(C(=O)N(C)c3ccccn3)ccc21. The van der Waals surface area contributed by atoms with Crippen LogP contribution in [-0.4, -0.2) is 22.5 Å². The minimum atomic E-state index is -0.110. The van der Waals surface area contributed by atoms with Gasteiger partial charge in [0.2, 0.25) is 0 Å². The molecule has 132 valence electrons. The number of rotatable bonds is 4. The van der Waals surface area contributed by atoms with Crippen molar-refractivity contribution in [3.63, 3.8) is 0 Å². The van der Waals surface area contributed by atoms with E-state index in [1.165, 1.54) is 0 Å². The van der Waals surface area contributed by atoms with Crippen molar-refractivity contribution < 1.29 is 4.79 Å². The van der Waals surface area contributed by atoms with Crippen molar-refractivity contribution >= 4 is 22.6 Å². The molecule has 0 bridgehead atoms. The Morgan fingerprint density at radius 3 is 2.69 bits per heavy atom. The van der Waals surface area contributed by atoms with Crippen molar-refractivity contribution in [2.24, 2.45) is 0 Å². The van der Waals surface area contributed by atoms with Crippen LogP contribution in [0.3, 0.4) is 0 Å². The fourth-order valence-corrected chi connectivity index (χ4v) is 3.45. The van der Waals surface area contributed by atoms with E-state index in [0.717, 1.165) is 29.3 Å². The summed E-state index contributed by atoms with van der Waals surface area (Å²) in [6.45, 7) is 2.58. The molecular formula is C21H21N3O2. The zero-order valence-corrected chi connectivity index (χ0v) is 15.0. The van der Waals surface area contributed by atoms with Gasteiger partial charge in [-0.1, -0.05) is 6.07 Å². The number of aryl methyl sites for hydroxylation is 1. The van der Waals surface area contributed by atoms with Gasteiger partial charge in [0.25, 0.3) is 11.5 Å². The molecule has 2 aromatic heterocycles. The second kappa shape index (κ2) is 6.41. The number of amides is 1. The molecule has 0 aliphatic heterocycles. The molecular weight excluding hydrogens is 326 g/mol. The summed E-state index contributed by atoms with van der Waals surface area (Å²) in [6, 6.07) is 12.9. The van der Waals surface area contributed by atoms with Gasteiger partial charge in [-0.2, -0.15) is 0 Å². The van der Waals surface area contributed by atoms with E-state index >= 15 is 0 Å². The number of benzene rings is 1. The molecule has 1 fully saturated rings. The molecule has 5 nitrogen and oxygen atoms in total. The van der Waals surface area contributed by atoms with Crippen molar-refractivity contribution in [3.05, 3.63) is 70.1 Å². The zero-order valence-electron chi connectivity index (χ0n) is 15.0. The van der Waals surface area contributed by atoms with E-state index in [2.05, 4.69) is 4.98 Å². The maximum absolute atomic E-state index is 12.9. The Balaban J connectivity index is 1.82. The maximum Gasteiger partial charge on any atom is 0.259 e. The predicted molar refractivity (Wildman–Crippen MR) is 103 cm³/mol. The molecule has 1 aliphatic rings. The van der Waals surface area contributed by atoms with Crippen LogP contribution in [0.15, 0.2) is 53.5 Å². The van der Waals surface area contributed by atoms with Crippen molar-refractivity contribution in [2.75, 3.05) is 11.9 Å². The Bertz CT molecular complexity index is 1040. The van der Waals surface area contributed by atoms with E-state index in [0.29, 0.717) is 23.8 Å². The van der Waals surface area contributed by atoms with E-state index < -0.39 is 0 Å². The first-order valence-electron chi connectivity index (χ1n) is 8.96. The normalized spacial score (nSPS) is 13.8. The number of hydrogen-bond acceptors (Lipinski definition) is 3. The lowest BCUT2D eigenvalue weighted by molar-refractivity contribution is 0.0992. The highest BCUT2D eigenvalue weighted by Crippen LogP contribution is 2.42. The number of anilines is 1. The predicted octanol–water partition coefficient (Wildman–Crippen LogP) is 3.57. The standard InChI is InChI=1S/C21H21N3O2/c1-3-24-18-10-9-15(21(26)23(2)19-6-4-5-11-22-19)12-17(18)16(13-20(24)25)14-7-8-14/h4-6,9-14H,3,7-8H2,1-2H3. The van der Waals surface area contributed by atoms with Crippen LogP contribution in [0, 0.1) is 0 Å². The van der Waals surface area contributed by atoms with Gasteiger partial charge in [0, 0.05) is 36.8 Å². The Morgan fingerprint density at radius 2 is 2.04 bits per heavy atom. The van der Waals surface area contributed by atoms with Gasteiger partial charge in [0.15, 0.2) is 0 Å². The van der Waals surface area contributed by atoms with E-state index in [1.54, 1.807) is 34.8 Å². The highest BCUT2D eigenvalue weighted by atomic mass is 16.2. The third kappa shape index (κ3) is 2.79. The third-order valence-corrected chi connectivity index (χ3v) is 5.02. The molecule has 0 spiro atoms. The lowest BCUT2D eigenvalue weighted by atomic mass is 10.0. The third-order valence-electron chi connectivity index (χ3n) is 5.02. The van der Waals surface area contributed by atoms with Gasteiger partial charge in [-0.3, -0.25) is 14.5 Å². The summed E-state index contributed by atoms with van der Waals surface area (Å²) in [5, 5.41) is 1.01. The molecule has 0 atom stereocenters. The first kappa shape index (κ1) is 16.5. The smallest absolute Gasteiger partial charge is 0.259 e. The lowest BCUT2D eigenvalue weighted by Gasteiger charge is -2.17. The van der Waals surface area contributed by atoms with E-state index in [9.17, 15) is 9.59 Å². The molecule has 3 aromatic rings. The van der Waals surface area contributed by atoms with Crippen LogP contribution in [0.4, 0.5) is 5.82 Å². The van der Waals surface area contributed by atoms with Crippen LogP contribution in [0.2, 0.25) is 0 Å². The van der Waals surface area contributed by atoms with Crippen molar-refractivity contribution in [3.8, 4) is 0 Å². The second-order valence-electron chi connectivity index (χ2n) is 6.74. The average Bonchev–Trinajstić information content (AvgIpc) is 3.52. The lowest BCUT2D eigenvalue weighted by Crippen LogP contribution is -2.27. The number of carbonyl (C=O) groups is 1. The quantitative estimate of drug-likeness (QED) is 0.725. The van der Waals surface area contributed by atoms with Crippen LogP contribution in [0.5, 0.6) is 0 Å². The number of nitrogens with zero attached hydrogens (tertiary/aromatic N) is 3. The molecule has 0 saturated heterocycles. The first-order valence-corrected chi connectivity index (χ1v) is 8.96. The minimum Gasteiger partial charge on any atom is -0.309 e. The van der Waals surface area contributed by atoms with E-state index in [-0.39, 0.29) is 11.5 Å². The number of aromatic nitrogens is 2. The molecule has 4 rings (SSSR count). The Morgan fingerprint density at radius 1 is 1.23 bits per heavy atom. The topological polar surface area (TPSA) is 55.2 Å². The number of carbonyl (C=O) groups excluding carboxylic acids is 1. The van der Waals surface area contributed by atoms with E-state index in [1.807, 2.05) is 37.3 Å². The molecule has 1 amide bonds. The first-order chi connectivity index (χ1) is 12.6. The van der Waals surface area contributed by atoms with Gasteiger partial charge >= 0.3 is 0 Å². The van der Waals surface area contributed by atoms with Crippen LogP contribution in [0.25, 0.3) is 10.9 Å². The van der Waals surface area contributed by atoms with Crippen molar-refractivity contribution in [1.29, 1.82) is 0 Å². The summed E-state index contributed by atoms with van der Waals surface area (Å²) in [4.78, 5) is 31.1. The number of pyridine rings is 2. The summed E-state index contributed by atoms with van der Waals surface area (Å²) in [5.41, 5.74) is 2.62. The Labute approximate surface area is 151 Å². The van der Waals surface area contributed by atoms with Gasteiger partial charge in [0.05, 0.1) is 5.52 Å². The van der Waals surface area contributed by atoms with Crippen LogP contribution in [-0.2, 0) is 6.54 Å². The number of fused-ring (bicyclic) bond motifs is 1. The average molecular weight is 347 g/mol. The van der Waals surface area contributed by atoms with E-state index in [4.69, 9.17) is 0 Å². The summed E-state index contributed by atoms with van der Waals surface area (Å²) >= 11 is 0. The highest BCUT2D eigenvalue weighted by Gasteiger charge is 2.27. The van der Waals surface area contributed by atoms with Gasteiger partial charge in [-0.15, -0.1) is 0 Å². The van der Waals surface area contributed by atoms with Crippen molar-refractivity contribution in [2.45, 2.75) is 32.2 Å². The second-order valence-corrected chi connectivity index (χ2v) is 6.74. The molecule has 26 heavy (non-hydrogen) atoms. The van der Waals surface area contributed by atoms with Gasteiger partial charge in [-0.25, -0.2) is 4.98 Å². The Kier molecular flexibility index (Phi) is 4.07. The fraction of sp³-hybridized carbons (Fsp3) is 0.286. The molecule has 1 saturated carbocycles. The summed E-state index contributed by atoms with van der Waals surface area (Å²) in [7, 11) is 1.73. The van der Waals surface area contributed by atoms with Gasteiger partial charge < -0.3 is 4.57 Å². The van der Waals surface area contributed by atoms with Crippen LogP contribution < -0.4 is 10.5 Å². The molecule has 0 radical (unpaired) electrons. The maximum atomic E-state index is 12.9. The molecule has 1 aromatic carbocycles. The minimum absolute atomic E-state index is 0.0339. The largest absolute Gasteiger partial charge is 0.309 e. The summed E-state index contributed by atoms with van der Waals surface area (Å²) in [6.07, 6.45) is 3.89. The fourth-order valence-electron chi connectivity index (χ4n) is 3.45. The summed E-state index contributed by atoms with van der Waals surface area (Å²) < 4.78 is 1.76. The number of hydrogen-bond donors (Lipinski definition) is 0. The van der Waals surface area contributed by atoms with Gasteiger partial charge in [-0.05, 0) is 61.6 Å². The van der Waals surface area contributed by atoms with Gasteiger partial charge in [0.1, 0.15) is 5.82 Å². The van der Waals surface area contributed by atoms with Crippen LogP contribution >= 0.6 is 0 Å². The zero-order chi connectivity index (χ0) is 18.3. The monoisotopic (exact) mass is 347 g/mol. The molecule has 2 heterocycles. The molecule has 0 unspecified atom stereocenters. The molecule has 5 heteroatoms. The highest BCUT2D eigenvalue weighted by molar-refractivity contribution is 6.07.